The lowest BCUT2D eigenvalue weighted by molar-refractivity contribution is -0.154. The molecule has 0 aromatic heterocycles. The van der Waals surface area contributed by atoms with Gasteiger partial charge in [0.05, 0.1) is 0 Å². The third-order valence-corrected chi connectivity index (χ3v) is 0.929. The Morgan fingerprint density at radius 3 is 2.15 bits per heavy atom. The second kappa shape index (κ2) is 4.20. The Balaban J connectivity index is 4.06. The molecule has 0 saturated carbocycles. The van der Waals surface area contributed by atoms with Crippen molar-refractivity contribution in [3.05, 3.63) is 12.2 Å². The van der Waals surface area contributed by atoms with Gasteiger partial charge < -0.3 is 4.74 Å². The molecule has 13 heavy (non-hydrogen) atoms. The van der Waals surface area contributed by atoms with Gasteiger partial charge in [0.25, 0.3) is 6.43 Å². The number of ether oxygens (including phenoxy) is 1. The van der Waals surface area contributed by atoms with Crippen LogP contribution in [0.2, 0.25) is 0 Å². The molecule has 0 heterocycles. The van der Waals surface area contributed by atoms with E-state index in [9.17, 15) is 26.7 Å². The molecular formula is C6H5F5O2. The van der Waals surface area contributed by atoms with Gasteiger partial charge in [-0.3, -0.25) is 0 Å². The van der Waals surface area contributed by atoms with Gasteiger partial charge >= 0.3 is 12.1 Å². The van der Waals surface area contributed by atoms with Crippen molar-refractivity contribution in [1.29, 1.82) is 0 Å². The zero-order valence-electron chi connectivity index (χ0n) is 6.20. The van der Waals surface area contributed by atoms with E-state index in [1.165, 1.54) is 0 Å². The summed E-state index contributed by atoms with van der Waals surface area (Å²) in [7, 11) is 0. The van der Waals surface area contributed by atoms with Gasteiger partial charge in [0, 0.05) is 0 Å². The Morgan fingerprint density at radius 1 is 1.38 bits per heavy atom. The molecule has 0 rings (SSSR count). The van der Waals surface area contributed by atoms with E-state index in [0.29, 0.717) is 0 Å². The minimum absolute atomic E-state index is 1.37. The number of rotatable bonds is 3. The molecule has 0 bridgehead atoms. The first-order valence-corrected chi connectivity index (χ1v) is 2.96. The van der Waals surface area contributed by atoms with Crippen LogP contribution in [-0.2, 0) is 9.53 Å². The van der Waals surface area contributed by atoms with E-state index in [2.05, 4.69) is 11.3 Å². The van der Waals surface area contributed by atoms with Crippen molar-refractivity contribution >= 4 is 5.97 Å². The summed E-state index contributed by atoms with van der Waals surface area (Å²) in [6.45, 7) is 0.992. The Morgan fingerprint density at radius 2 is 1.85 bits per heavy atom. The van der Waals surface area contributed by atoms with Crippen LogP contribution in [0.1, 0.15) is 0 Å². The fourth-order valence-corrected chi connectivity index (χ4v) is 0.342. The van der Waals surface area contributed by atoms with Crippen molar-refractivity contribution in [2.75, 3.05) is 6.61 Å². The van der Waals surface area contributed by atoms with Crippen LogP contribution in [0.5, 0.6) is 0 Å². The Labute approximate surface area is 70.0 Å². The second-order valence-corrected chi connectivity index (χ2v) is 1.97. The molecular weight excluding hydrogens is 199 g/mol. The molecule has 0 radical (unpaired) electrons. The van der Waals surface area contributed by atoms with Crippen LogP contribution >= 0.6 is 0 Å². The highest BCUT2D eigenvalue weighted by Gasteiger charge is 2.38. The number of esters is 1. The van der Waals surface area contributed by atoms with Gasteiger partial charge in [-0.2, -0.15) is 13.2 Å². The van der Waals surface area contributed by atoms with E-state index in [0.717, 1.165) is 0 Å². The van der Waals surface area contributed by atoms with Crippen molar-refractivity contribution in [3.8, 4) is 0 Å². The molecule has 0 N–H and O–H groups in total. The summed E-state index contributed by atoms with van der Waals surface area (Å²) in [4.78, 5) is 10.3. The van der Waals surface area contributed by atoms with E-state index in [1.807, 2.05) is 0 Å². The highest BCUT2D eigenvalue weighted by molar-refractivity contribution is 5.89. The maximum atomic E-state index is 11.6. The first-order chi connectivity index (χ1) is 5.75. The van der Waals surface area contributed by atoms with Crippen LogP contribution in [0.4, 0.5) is 22.0 Å². The van der Waals surface area contributed by atoms with Crippen LogP contribution < -0.4 is 0 Å². The standard InChI is InChI=1S/C6H5F5O2/c1-3(6(9,10)11)5(12)13-2-4(7)8/h4H,1-2H2. The lowest BCUT2D eigenvalue weighted by atomic mass is 10.3. The molecule has 0 aliphatic heterocycles. The molecule has 0 unspecified atom stereocenters. The summed E-state index contributed by atoms with van der Waals surface area (Å²) < 4.78 is 61.2. The smallest absolute Gasteiger partial charge is 0.422 e. The van der Waals surface area contributed by atoms with Crippen molar-refractivity contribution < 1.29 is 31.5 Å². The molecule has 0 aromatic rings. The number of hydrogen-bond acceptors (Lipinski definition) is 2. The number of alkyl halides is 5. The number of carbonyl (C=O) groups excluding carboxylic acids is 1. The largest absolute Gasteiger partial charge is 0.456 e. The van der Waals surface area contributed by atoms with Crippen LogP contribution in [-0.4, -0.2) is 25.2 Å². The van der Waals surface area contributed by atoms with E-state index in [4.69, 9.17) is 0 Å². The van der Waals surface area contributed by atoms with Crippen molar-refractivity contribution in [3.63, 3.8) is 0 Å². The molecule has 76 valence electrons. The molecule has 0 spiro atoms. The number of halogens is 5. The van der Waals surface area contributed by atoms with Gasteiger partial charge in [-0.25, -0.2) is 13.6 Å². The molecule has 0 saturated heterocycles. The maximum absolute atomic E-state index is 11.6. The number of carbonyl (C=O) groups is 1. The third kappa shape index (κ3) is 4.44. The van der Waals surface area contributed by atoms with Crippen LogP contribution in [0, 0.1) is 0 Å². The molecule has 0 aromatic carbocycles. The minimum atomic E-state index is -4.95. The third-order valence-electron chi connectivity index (χ3n) is 0.929. The van der Waals surface area contributed by atoms with E-state index in [1.54, 1.807) is 0 Å². The first kappa shape index (κ1) is 11.9. The van der Waals surface area contributed by atoms with Gasteiger partial charge in [-0.1, -0.05) is 6.58 Å². The monoisotopic (exact) mass is 204 g/mol. The van der Waals surface area contributed by atoms with Crippen LogP contribution in [0.25, 0.3) is 0 Å². The van der Waals surface area contributed by atoms with Crippen molar-refractivity contribution in [1.82, 2.24) is 0 Å². The summed E-state index contributed by atoms with van der Waals surface area (Å²) in [5.41, 5.74) is -1.80. The summed E-state index contributed by atoms with van der Waals surface area (Å²) >= 11 is 0. The van der Waals surface area contributed by atoms with Gasteiger partial charge in [0.2, 0.25) is 0 Å². The van der Waals surface area contributed by atoms with Crippen molar-refractivity contribution in [2.24, 2.45) is 0 Å². The highest BCUT2D eigenvalue weighted by Crippen LogP contribution is 2.24. The lowest BCUT2D eigenvalue weighted by Gasteiger charge is -2.08. The minimum Gasteiger partial charge on any atom is -0.456 e. The Bertz CT molecular complexity index is 208. The molecule has 7 heteroatoms. The molecule has 0 aliphatic rings. The summed E-state index contributed by atoms with van der Waals surface area (Å²) in [5, 5.41) is 0. The molecule has 0 atom stereocenters. The normalized spacial score (nSPS) is 11.5. The zero-order valence-corrected chi connectivity index (χ0v) is 6.20. The van der Waals surface area contributed by atoms with E-state index in [-0.39, 0.29) is 0 Å². The van der Waals surface area contributed by atoms with Gasteiger partial charge in [-0.15, -0.1) is 0 Å². The SMILES string of the molecule is C=C(C(=O)OCC(F)F)C(F)(F)F. The maximum Gasteiger partial charge on any atom is 0.422 e. The first-order valence-electron chi connectivity index (χ1n) is 2.96. The quantitative estimate of drug-likeness (QED) is 0.398. The molecule has 0 fully saturated rings. The van der Waals surface area contributed by atoms with Crippen molar-refractivity contribution in [2.45, 2.75) is 12.6 Å². The summed E-state index contributed by atoms with van der Waals surface area (Å²) in [6.07, 6.45) is -7.94. The molecule has 2 nitrogen and oxygen atoms in total. The highest BCUT2D eigenvalue weighted by atomic mass is 19.4. The van der Waals surface area contributed by atoms with Gasteiger partial charge in [0.1, 0.15) is 5.57 Å². The second-order valence-electron chi connectivity index (χ2n) is 1.97. The Kier molecular flexibility index (Phi) is 3.83. The fourth-order valence-electron chi connectivity index (χ4n) is 0.342. The predicted octanol–water partition coefficient (Wildman–Crippen LogP) is 1.91. The van der Waals surface area contributed by atoms with Gasteiger partial charge in [0.15, 0.2) is 6.61 Å². The van der Waals surface area contributed by atoms with E-state index >= 15 is 0 Å². The summed E-state index contributed by atoms with van der Waals surface area (Å²) in [5.74, 6) is -1.88. The Hall–Kier alpha value is -1.14. The topological polar surface area (TPSA) is 26.3 Å². The number of hydrogen-bond donors (Lipinski definition) is 0. The van der Waals surface area contributed by atoms with Crippen LogP contribution in [0.15, 0.2) is 12.2 Å². The zero-order chi connectivity index (χ0) is 10.6. The predicted molar refractivity (Wildman–Crippen MR) is 32.2 cm³/mol. The van der Waals surface area contributed by atoms with Gasteiger partial charge in [-0.05, 0) is 0 Å². The fraction of sp³-hybridized carbons (Fsp3) is 0.500. The lowest BCUT2D eigenvalue weighted by Crippen LogP contribution is -2.22. The van der Waals surface area contributed by atoms with Crippen LogP contribution in [0.3, 0.4) is 0 Å². The molecule has 0 aliphatic carbocycles. The van der Waals surface area contributed by atoms with E-state index < -0.39 is 30.8 Å². The summed E-state index contributed by atoms with van der Waals surface area (Å²) in [6, 6.07) is 0. The average molecular weight is 204 g/mol. The molecule has 0 amide bonds. The average Bonchev–Trinajstić information content (AvgIpc) is 1.96.